The molecule has 0 unspecified atom stereocenters. The van der Waals surface area contributed by atoms with Crippen LogP contribution in [0.1, 0.15) is 18.1 Å². The fourth-order valence-corrected chi connectivity index (χ4v) is 4.39. The van der Waals surface area contributed by atoms with E-state index < -0.39 is 0 Å². The van der Waals surface area contributed by atoms with Crippen molar-refractivity contribution in [2.45, 2.75) is 30.8 Å². The van der Waals surface area contributed by atoms with Gasteiger partial charge in [-0.3, -0.25) is 9.20 Å². The van der Waals surface area contributed by atoms with Gasteiger partial charge in [0, 0.05) is 19.0 Å². The van der Waals surface area contributed by atoms with E-state index in [4.69, 9.17) is 0 Å². The molecule has 0 aliphatic rings. The molecule has 4 aromatic rings. The molecule has 0 aliphatic heterocycles. The molecule has 2 aromatic carbocycles. The van der Waals surface area contributed by atoms with E-state index in [0.29, 0.717) is 6.54 Å². The molecule has 0 fully saturated rings. The average Bonchev–Trinajstić information content (AvgIpc) is 3.10. The quantitative estimate of drug-likeness (QED) is 0.476. The summed E-state index contributed by atoms with van der Waals surface area (Å²) in [5.41, 5.74) is 4.14. The van der Waals surface area contributed by atoms with Gasteiger partial charge in [0.1, 0.15) is 0 Å². The lowest BCUT2D eigenvalue weighted by Crippen LogP contribution is -2.32. The number of amides is 1. The third-order valence-corrected chi connectivity index (χ3v) is 5.87. The Kier molecular flexibility index (Phi) is 5.05. The summed E-state index contributed by atoms with van der Waals surface area (Å²) in [4.78, 5) is 14.6. The lowest BCUT2D eigenvalue weighted by Gasteiger charge is -2.21. The first-order valence-corrected chi connectivity index (χ1v) is 10.1. The second kappa shape index (κ2) is 7.64. The van der Waals surface area contributed by atoms with E-state index in [1.165, 1.54) is 17.3 Å². The van der Waals surface area contributed by atoms with Crippen LogP contribution in [0.4, 0.5) is 0 Å². The van der Waals surface area contributed by atoms with Crippen LogP contribution in [0.3, 0.4) is 0 Å². The topological polar surface area (TPSA) is 50.5 Å². The smallest absolute Gasteiger partial charge is 0.235 e. The molecular weight excluding hydrogens is 368 g/mol. The number of aryl methyl sites for hydroxylation is 1. The molecule has 5 nitrogen and oxygen atoms in total. The Morgan fingerprint density at radius 2 is 1.82 bits per heavy atom. The maximum atomic E-state index is 12.9. The average molecular weight is 391 g/mol. The van der Waals surface area contributed by atoms with Gasteiger partial charge in [0.15, 0.2) is 10.8 Å². The highest BCUT2D eigenvalue weighted by Crippen LogP contribution is 2.28. The molecule has 4 rings (SSSR count). The molecule has 142 valence electrons. The molecule has 0 N–H and O–H groups in total. The van der Waals surface area contributed by atoms with E-state index in [2.05, 4.69) is 29.3 Å². The summed E-state index contributed by atoms with van der Waals surface area (Å²) in [7, 11) is 1.84. The van der Waals surface area contributed by atoms with E-state index in [9.17, 15) is 4.79 Å². The van der Waals surface area contributed by atoms with Crippen molar-refractivity contribution in [3.63, 3.8) is 0 Å². The van der Waals surface area contributed by atoms with Crippen molar-refractivity contribution in [2.75, 3.05) is 7.05 Å². The minimum absolute atomic E-state index is 0.0713. The molecule has 0 bridgehead atoms. The first kappa shape index (κ1) is 18.5. The fraction of sp³-hybridized carbons (Fsp3) is 0.227. The number of nitrogens with zero attached hydrogens (tertiary/aromatic N) is 4. The molecule has 28 heavy (non-hydrogen) atoms. The first-order valence-electron chi connectivity index (χ1n) is 9.23. The number of fused-ring (bicyclic) bond motifs is 3. The van der Waals surface area contributed by atoms with E-state index in [-0.39, 0.29) is 11.2 Å². The Morgan fingerprint density at radius 1 is 1.11 bits per heavy atom. The predicted octanol–water partition coefficient (Wildman–Crippen LogP) is 4.33. The molecule has 0 spiro atoms. The standard InChI is InChI=1S/C22H22N4OS/c1-15-13-20-23-24-22(26(20)19-12-8-7-11-18(15)19)28-16(2)21(27)25(3)14-17-9-5-4-6-10-17/h4-13,16H,14H2,1-3H3/t16-/m1/s1. The highest BCUT2D eigenvalue weighted by molar-refractivity contribution is 8.00. The van der Waals surface area contributed by atoms with Gasteiger partial charge in [-0.1, -0.05) is 60.3 Å². The molecule has 0 saturated carbocycles. The molecule has 2 aromatic heterocycles. The van der Waals surface area contributed by atoms with Crippen LogP contribution in [0.2, 0.25) is 0 Å². The number of para-hydroxylation sites is 1. The summed E-state index contributed by atoms with van der Waals surface area (Å²) in [6.45, 7) is 4.59. The van der Waals surface area contributed by atoms with Gasteiger partial charge in [-0.2, -0.15) is 0 Å². The van der Waals surface area contributed by atoms with Crippen LogP contribution >= 0.6 is 11.8 Å². The van der Waals surface area contributed by atoms with E-state index in [1.54, 1.807) is 4.90 Å². The summed E-state index contributed by atoms with van der Waals surface area (Å²) < 4.78 is 2.04. The monoisotopic (exact) mass is 390 g/mol. The summed E-state index contributed by atoms with van der Waals surface area (Å²) in [5, 5.41) is 10.3. The van der Waals surface area contributed by atoms with Gasteiger partial charge >= 0.3 is 0 Å². The highest BCUT2D eigenvalue weighted by atomic mass is 32.2. The third-order valence-electron chi connectivity index (χ3n) is 4.84. The van der Waals surface area contributed by atoms with Crippen molar-refractivity contribution in [1.82, 2.24) is 19.5 Å². The number of benzene rings is 2. The van der Waals surface area contributed by atoms with Crippen molar-refractivity contribution >= 4 is 34.2 Å². The lowest BCUT2D eigenvalue weighted by molar-refractivity contribution is -0.129. The number of thioether (sulfide) groups is 1. The van der Waals surface area contributed by atoms with Crippen LogP contribution in [0.15, 0.2) is 65.8 Å². The van der Waals surface area contributed by atoms with Crippen molar-refractivity contribution in [3.05, 3.63) is 71.8 Å². The first-order chi connectivity index (χ1) is 13.5. The van der Waals surface area contributed by atoms with E-state index >= 15 is 0 Å². The highest BCUT2D eigenvalue weighted by Gasteiger charge is 2.22. The van der Waals surface area contributed by atoms with Gasteiger partial charge in [-0.15, -0.1) is 10.2 Å². The van der Waals surface area contributed by atoms with Crippen LogP contribution in [-0.2, 0) is 11.3 Å². The molecule has 2 heterocycles. The Balaban J connectivity index is 1.59. The molecule has 1 amide bonds. The molecule has 0 aliphatic carbocycles. The minimum atomic E-state index is -0.263. The third kappa shape index (κ3) is 3.47. The van der Waals surface area contributed by atoms with Crippen LogP contribution in [0.5, 0.6) is 0 Å². The van der Waals surface area contributed by atoms with Crippen molar-refractivity contribution in [2.24, 2.45) is 0 Å². The number of hydrogen-bond acceptors (Lipinski definition) is 4. The molecule has 0 saturated heterocycles. The van der Waals surface area contributed by atoms with Crippen LogP contribution in [0.25, 0.3) is 16.6 Å². The Hall–Kier alpha value is -2.86. The Bertz CT molecular complexity index is 1140. The molecule has 1 atom stereocenters. The maximum absolute atomic E-state index is 12.9. The maximum Gasteiger partial charge on any atom is 0.235 e. The number of aromatic nitrogens is 3. The lowest BCUT2D eigenvalue weighted by atomic mass is 10.1. The van der Waals surface area contributed by atoms with Gasteiger partial charge < -0.3 is 4.90 Å². The number of carbonyl (C=O) groups is 1. The largest absolute Gasteiger partial charge is 0.340 e. The van der Waals surface area contributed by atoms with Gasteiger partial charge in [0.05, 0.1) is 10.8 Å². The van der Waals surface area contributed by atoms with Crippen molar-refractivity contribution in [3.8, 4) is 0 Å². The van der Waals surface area contributed by atoms with Gasteiger partial charge in [-0.05, 0) is 37.1 Å². The van der Waals surface area contributed by atoms with Crippen LogP contribution < -0.4 is 0 Å². The second-order valence-corrected chi connectivity index (χ2v) is 8.27. The van der Waals surface area contributed by atoms with Gasteiger partial charge in [0.25, 0.3) is 0 Å². The summed E-state index contributed by atoms with van der Waals surface area (Å²) in [6.07, 6.45) is 0. The Labute approximate surface area is 168 Å². The number of pyridine rings is 1. The zero-order valence-electron chi connectivity index (χ0n) is 16.2. The van der Waals surface area contributed by atoms with Crippen LogP contribution in [0, 0.1) is 6.92 Å². The second-order valence-electron chi connectivity index (χ2n) is 6.96. The van der Waals surface area contributed by atoms with E-state index in [1.807, 2.05) is 66.9 Å². The number of carbonyl (C=O) groups excluding carboxylic acids is 1. The van der Waals surface area contributed by atoms with Gasteiger partial charge in [0.2, 0.25) is 5.91 Å². The zero-order chi connectivity index (χ0) is 19.7. The van der Waals surface area contributed by atoms with Crippen molar-refractivity contribution in [1.29, 1.82) is 0 Å². The summed E-state index contributed by atoms with van der Waals surface area (Å²) >= 11 is 1.45. The molecular formula is C22H22N4OS. The zero-order valence-corrected chi connectivity index (χ0v) is 17.0. The summed E-state index contributed by atoms with van der Waals surface area (Å²) in [5.74, 6) is 0.0713. The van der Waals surface area contributed by atoms with E-state index in [0.717, 1.165) is 27.3 Å². The summed E-state index contributed by atoms with van der Waals surface area (Å²) in [6, 6.07) is 20.3. The van der Waals surface area contributed by atoms with Gasteiger partial charge in [-0.25, -0.2) is 0 Å². The number of hydrogen-bond donors (Lipinski definition) is 0. The molecule has 0 radical (unpaired) electrons. The predicted molar refractivity (Wildman–Crippen MR) is 113 cm³/mol. The number of rotatable bonds is 5. The molecule has 6 heteroatoms. The van der Waals surface area contributed by atoms with Crippen LogP contribution in [-0.4, -0.2) is 37.7 Å². The normalized spacial score (nSPS) is 12.4. The fourth-order valence-electron chi connectivity index (χ4n) is 3.41. The van der Waals surface area contributed by atoms with Crippen molar-refractivity contribution < 1.29 is 4.79 Å². The SMILES string of the molecule is Cc1cc2nnc(S[C@H](C)C(=O)N(C)Cc3ccccc3)n2c2ccccc12. The minimum Gasteiger partial charge on any atom is -0.340 e. The Morgan fingerprint density at radius 3 is 2.61 bits per heavy atom.